The number of rotatable bonds is 8. The molecule has 0 aliphatic carbocycles. The summed E-state index contributed by atoms with van der Waals surface area (Å²) in [5, 5.41) is 5.71. The Morgan fingerprint density at radius 3 is 2.48 bits per heavy atom. The minimum Gasteiger partial charge on any atom is -0.352 e. The van der Waals surface area contributed by atoms with E-state index in [4.69, 9.17) is 0 Å². The average molecular weight is 393 g/mol. The van der Waals surface area contributed by atoms with Gasteiger partial charge in [-0.2, -0.15) is 0 Å². The number of carbonyl (C=O) groups excluding carboxylic acids is 3. The van der Waals surface area contributed by atoms with Gasteiger partial charge < -0.3 is 15.5 Å². The van der Waals surface area contributed by atoms with Gasteiger partial charge in [0.1, 0.15) is 0 Å². The highest BCUT2D eigenvalue weighted by Gasteiger charge is 2.20. The zero-order valence-corrected chi connectivity index (χ0v) is 16.7. The summed E-state index contributed by atoms with van der Waals surface area (Å²) in [5.74, 6) is -0.289. The van der Waals surface area contributed by atoms with E-state index in [-0.39, 0.29) is 17.7 Å². The Morgan fingerprint density at radius 2 is 1.79 bits per heavy atom. The lowest BCUT2D eigenvalue weighted by atomic mass is 10.1. The average Bonchev–Trinajstić information content (AvgIpc) is 3.13. The van der Waals surface area contributed by atoms with E-state index in [2.05, 4.69) is 17.6 Å². The molecule has 29 heavy (non-hydrogen) atoms. The van der Waals surface area contributed by atoms with Crippen LogP contribution in [-0.4, -0.2) is 35.7 Å². The Balaban J connectivity index is 1.64. The fourth-order valence-corrected chi connectivity index (χ4v) is 3.31. The molecule has 2 aromatic rings. The van der Waals surface area contributed by atoms with E-state index >= 15 is 0 Å². The molecule has 1 fully saturated rings. The van der Waals surface area contributed by atoms with Crippen molar-refractivity contribution in [1.29, 1.82) is 0 Å². The molecule has 2 N–H and O–H groups in total. The predicted octanol–water partition coefficient (Wildman–Crippen LogP) is 3.59. The summed E-state index contributed by atoms with van der Waals surface area (Å²) in [4.78, 5) is 38.6. The van der Waals surface area contributed by atoms with Crippen molar-refractivity contribution in [3.63, 3.8) is 0 Å². The number of carbonyl (C=O) groups is 3. The molecule has 3 rings (SSSR count). The Labute approximate surface area is 171 Å². The second-order valence-electron chi connectivity index (χ2n) is 7.22. The van der Waals surface area contributed by atoms with E-state index in [0.717, 1.165) is 31.4 Å². The van der Waals surface area contributed by atoms with Crippen LogP contribution in [0.3, 0.4) is 0 Å². The van der Waals surface area contributed by atoms with Crippen LogP contribution in [0, 0.1) is 0 Å². The number of hydrogen-bond donors (Lipinski definition) is 2. The Kier molecular flexibility index (Phi) is 7.00. The summed E-state index contributed by atoms with van der Waals surface area (Å²) in [6.07, 6.45) is 3.44. The highest BCUT2D eigenvalue weighted by molar-refractivity contribution is 6.09. The van der Waals surface area contributed by atoms with Gasteiger partial charge in [-0.1, -0.05) is 37.6 Å². The maximum atomic E-state index is 12.6. The molecule has 0 radical (unpaired) electrons. The lowest BCUT2D eigenvalue weighted by Crippen LogP contribution is -2.26. The molecule has 0 spiro atoms. The molecule has 0 atom stereocenters. The van der Waals surface area contributed by atoms with Crippen LogP contribution in [0.25, 0.3) is 0 Å². The molecule has 3 amide bonds. The van der Waals surface area contributed by atoms with Crippen molar-refractivity contribution in [1.82, 2.24) is 10.2 Å². The third-order valence-electron chi connectivity index (χ3n) is 5.00. The van der Waals surface area contributed by atoms with Gasteiger partial charge in [-0.25, -0.2) is 0 Å². The Hall–Kier alpha value is -3.15. The largest absolute Gasteiger partial charge is 0.352 e. The molecule has 0 saturated carbocycles. The summed E-state index contributed by atoms with van der Waals surface area (Å²) in [6, 6.07) is 14.2. The number of para-hydroxylation sites is 1. The molecule has 6 nitrogen and oxygen atoms in total. The molecule has 0 bridgehead atoms. The van der Waals surface area contributed by atoms with Crippen LogP contribution in [0.5, 0.6) is 0 Å². The van der Waals surface area contributed by atoms with Crippen LogP contribution in [0.1, 0.15) is 58.9 Å². The van der Waals surface area contributed by atoms with Gasteiger partial charge in [0.15, 0.2) is 0 Å². The van der Waals surface area contributed by atoms with Gasteiger partial charge in [0.2, 0.25) is 5.91 Å². The fourth-order valence-electron chi connectivity index (χ4n) is 3.31. The smallest absolute Gasteiger partial charge is 0.255 e. The first-order valence-electron chi connectivity index (χ1n) is 10.1. The molecule has 1 aliphatic heterocycles. The molecule has 6 heteroatoms. The van der Waals surface area contributed by atoms with Crippen LogP contribution < -0.4 is 10.6 Å². The standard InChI is InChI=1S/C23H27N3O3/c1-2-3-14-24-23(29)19-7-4-5-8-20(19)25-22(28)18-12-10-17(11-13-18)16-26-15-6-9-21(26)27/h4-5,7-8,10-13H,2-3,6,9,14-16H2,1H3,(H,24,29)(H,25,28). The van der Waals surface area contributed by atoms with Gasteiger partial charge in [0, 0.05) is 31.6 Å². The lowest BCUT2D eigenvalue weighted by Gasteiger charge is -2.15. The number of unbranched alkanes of at least 4 members (excludes halogenated alkanes) is 1. The molecular formula is C23H27N3O3. The minimum atomic E-state index is -0.275. The van der Waals surface area contributed by atoms with Crippen molar-refractivity contribution in [3.05, 3.63) is 65.2 Å². The number of likely N-dealkylation sites (tertiary alicyclic amines) is 1. The monoisotopic (exact) mass is 393 g/mol. The van der Waals surface area contributed by atoms with Crippen molar-refractivity contribution in [2.24, 2.45) is 0 Å². The first kappa shape index (κ1) is 20.6. The number of nitrogens with one attached hydrogen (secondary N) is 2. The molecule has 1 heterocycles. The van der Waals surface area contributed by atoms with Gasteiger partial charge in [0.05, 0.1) is 11.3 Å². The molecule has 0 unspecified atom stereocenters. The number of hydrogen-bond acceptors (Lipinski definition) is 3. The van der Waals surface area contributed by atoms with Crippen LogP contribution in [0.2, 0.25) is 0 Å². The SMILES string of the molecule is CCCCNC(=O)c1ccccc1NC(=O)c1ccc(CN2CCCC2=O)cc1. The van der Waals surface area contributed by atoms with Gasteiger partial charge >= 0.3 is 0 Å². The topological polar surface area (TPSA) is 78.5 Å². The van der Waals surface area contributed by atoms with Crippen LogP contribution in [0.4, 0.5) is 5.69 Å². The second-order valence-corrected chi connectivity index (χ2v) is 7.22. The maximum Gasteiger partial charge on any atom is 0.255 e. The van der Waals surface area contributed by atoms with E-state index in [1.807, 2.05) is 17.0 Å². The number of nitrogens with zero attached hydrogens (tertiary/aromatic N) is 1. The number of anilines is 1. The third-order valence-corrected chi connectivity index (χ3v) is 5.00. The summed E-state index contributed by atoms with van der Waals surface area (Å²) < 4.78 is 0. The molecule has 0 aromatic heterocycles. The first-order valence-corrected chi connectivity index (χ1v) is 10.1. The van der Waals surface area contributed by atoms with Crippen LogP contribution >= 0.6 is 0 Å². The fraction of sp³-hybridized carbons (Fsp3) is 0.348. The molecule has 2 aromatic carbocycles. The normalized spacial score (nSPS) is 13.4. The van der Waals surface area contributed by atoms with Crippen LogP contribution in [-0.2, 0) is 11.3 Å². The van der Waals surface area contributed by atoms with Crippen molar-refractivity contribution >= 4 is 23.4 Å². The molecule has 152 valence electrons. The summed E-state index contributed by atoms with van der Waals surface area (Å²) in [5.41, 5.74) is 2.43. The number of amides is 3. The predicted molar refractivity (Wildman–Crippen MR) is 113 cm³/mol. The molecule has 1 saturated heterocycles. The summed E-state index contributed by atoms with van der Waals surface area (Å²) in [7, 11) is 0. The highest BCUT2D eigenvalue weighted by atomic mass is 16.2. The van der Waals surface area contributed by atoms with Gasteiger partial charge in [0.25, 0.3) is 11.8 Å². The number of benzene rings is 2. The maximum absolute atomic E-state index is 12.6. The van der Waals surface area contributed by atoms with E-state index in [0.29, 0.717) is 36.3 Å². The minimum absolute atomic E-state index is 0.181. The van der Waals surface area contributed by atoms with Crippen molar-refractivity contribution in [3.8, 4) is 0 Å². The summed E-state index contributed by atoms with van der Waals surface area (Å²) in [6.45, 7) is 4.03. The van der Waals surface area contributed by atoms with Crippen molar-refractivity contribution < 1.29 is 14.4 Å². The zero-order valence-electron chi connectivity index (χ0n) is 16.7. The van der Waals surface area contributed by atoms with Crippen molar-refractivity contribution in [2.45, 2.75) is 39.2 Å². The first-order chi connectivity index (χ1) is 14.1. The van der Waals surface area contributed by atoms with Gasteiger partial charge in [-0.15, -0.1) is 0 Å². The Morgan fingerprint density at radius 1 is 1.03 bits per heavy atom. The molecule has 1 aliphatic rings. The summed E-state index contributed by atoms with van der Waals surface area (Å²) >= 11 is 0. The van der Waals surface area contributed by atoms with E-state index < -0.39 is 0 Å². The van der Waals surface area contributed by atoms with Gasteiger partial charge in [-0.3, -0.25) is 14.4 Å². The van der Waals surface area contributed by atoms with E-state index in [1.54, 1.807) is 36.4 Å². The molecular weight excluding hydrogens is 366 g/mol. The zero-order chi connectivity index (χ0) is 20.6. The second kappa shape index (κ2) is 9.87. The van der Waals surface area contributed by atoms with Gasteiger partial charge in [-0.05, 0) is 42.7 Å². The quantitative estimate of drug-likeness (QED) is 0.673. The highest BCUT2D eigenvalue weighted by Crippen LogP contribution is 2.18. The lowest BCUT2D eigenvalue weighted by molar-refractivity contribution is -0.128. The van der Waals surface area contributed by atoms with Crippen molar-refractivity contribution in [2.75, 3.05) is 18.4 Å². The van der Waals surface area contributed by atoms with E-state index in [9.17, 15) is 14.4 Å². The van der Waals surface area contributed by atoms with Crippen LogP contribution in [0.15, 0.2) is 48.5 Å². The Bertz CT molecular complexity index is 877. The third kappa shape index (κ3) is 5.44. The van der Waals surface area contributed by atoms with E-state index in [1.165, 1.54) is 0 Å².